The summed E-state index contributed by atoms with van der Waals surface area (Å²) in [5, 5.41) is 6.01. The van der Waals surface area contributed by atoms with Gasteiger partial charge >= 0.3 is 0 Å². The number of carbonyl (C=O) groups is 1. The van der Waals surface area contributed by atoms with Gasteiger partial charge in [-0.25, -0.2) is 19.9 Å². The molecule has 0 aliphatic rings. The summed E-state index contributed by atoms with van der Waals surface area (Å²) in [6.45, 7) is 7.59. The van der Waals surface area contributed by atoms with Crippen molar-refractivity contribution in [2.24, 2.45) is 0 Å². The minimum absolute atomic E-state index is 0.195. The fraction of sp³-hybridized carbons (Fsp3) is 0.312. The lowest BCUT2D eigenvalue weighted by molar-refractivity contribution is 0.0921. The normalized spacial score (nSPS) is 11.5. The number of aromatic nitrogens is 5. The van der Waals surface area contributed by atoms with E-state index in [9.17, 15) is 4.79 Å². The van der Waals surface area contributed by atoms with E-state index >= 15 is 0 Å². The van der Waals surface area contributed by atoms with E-state index in [4.69, 9.17) is 0 Å². The predicted molar refractivity (Wildman–Crippen MR) is 91.2 cm³/mol. The van der Waals surface area contributed by atoms with Crippen molar-refractivity contribution in [1.82, 2.24) is 30.2 Å². The van der Waals surface area contributed by atoms with Crippen LogP contribution in [0.2, 0.25) is 0 Å². The molecule has 0 saturated carbocycles. The fourth-order valence-corrected chi connectivity index (χ4v) is 2.14. The third kappa shape index (κ3) is 3.48. The zero-order chi connectivity index (χ0) is 17.3. The summed E-state index contributed by atoms with van der Waals surface area (Å²) in [6.07, 6.45) is 6.53. The number of carbonyl (C=O) groups excluding carboxylic acids is 1. The molecule has 0 bridgehead atoms. The Labute approximate surface area is 139 Å². The molecule has 0 fully saturated rings. The van der Waals surface area contributed by atoms with Gasteiger partial charge in [-0.2, -0.15) is 0 Å². The van der Waals surface area contributed by atoms with Crippen LogP contribution in [0.1, 0.15) is 37.0 Å². The fourth-order valence-electron chi connectivity index (χ4n) is 2.14. The van der Waals surface area contributed by atoms with E-state index in [1.807, 2.05) is 27.7 Å². The van der Waals surface area contributed by atoms with Crippen LogP contribution in [0.5, 0.6) is 0 Å². The Hall–Kier alpha value is -3.03. The van der Waals surface area contributed by atoms with E-state index in [0.29, 0.717) is 34.1 Å². The minimum atomic E-state index is -0.330. The van der Waals surface area contributed by atoms with E-state index in [0.717, 1.165) is 0 Å². The molecule has 0 saturated heterocycles. The van der Waals surface area contributed by atoms with Gasteiger partial charge in [0.15, 0.2) is 5.65 Å². The molecule has 3 aromatic rings. The summed E-state index contributed by atoms with van der Waals surface area (Å²) in [5.74, 6) is 1.01. The molecule has 0 aromatic carbocycles. The molecule has 3 rings (SSSR count). The number of aryl methyl sites for hydroxylation is 1. The molecule has 0 unspecified atom stereocenters. The molecule has 124 valence electrons. The van der Waals surface area contributed by atoms with Gasteiger partial charge in [-0.3, -0.25) is 4.79 Å². The first-order chi connectivity index (χ1) is 11.3. The molecular weight excluding hydrogens is 306 g/mol. The van der Waals surface area contributed by atoms with E-state index in [2.05, 4.69) is 35.6 Å². The largest absolute Gasteiger partial charge is 0.347 e. The maximum atomic E-state index is 12.4. The lowest BCUT2D eigenvalue weighted by Gasteiger charge is -2.20. The molecule has 0 aliphatic carbocycles. The van der Waals surface area contributed by atoms with Gasteiger partial charge < -0.3 is 15.6 Å². The molecule has 0 spiro atoms. The Kier molecular flexibility index (Phi) is 3.88. The average molecular weight is 325 g/mol. The number of aromatic amines is 1. The van der Waals surface area contributed by atoms with E-state index in [-0.39, 0.29) is 11.4 Å². The van der Waals surface area contributed by atoms with Crippen LogP contribution in [-0.2, 0) is 0 Å². The Morgan fingerprint density at radius 3 is 2.50 bits per heavy atom. The summed E-state index contributed by atoms with van der Waals surface area (Å²) in [7, 11) is 0. The highest BCUT2D eigenvalue weighted by atomic mass is 16.1. The van der Waals surface area contributed by atoms with Crippen LogP contribution in [0, 0.1) is 6.92 Å². The highest BCUT2D eigenvalue weighted by Crippen LogP contribution is 2.19. The number of nitrogens with zero attached hydrogens (tertiary/aromatic N) is 4. The standard InChI is InChI=1S/C16H19N7O/c1-9-17-5-10(6-18-9)21-12-8-20-14-13(22-12)11(7-19-14)15(24)23-16(2,3)4/h5-8H,1-4H3,(H,19,20)(H,21,22)(H,23,24). The van der Waals surface area contributed by atoms with E-state index < -0.39 is 0 Å². The Morgan fingerprint density at radius 1 is 1.12 bits per heavy atom. The third-order valence-corrected chi connectivity index (χ3v) is 3.17. The van der Waals surface area contributed by atoms with Gasteiger partial charge in [0.2, 0.25) is 0 Å². The van der Waals surface area contributed by atoms with Crippen molar-refractivity contribution >= 4 is 28.6 Å². The number of hydrogen-bond donors (Lipinski definition) is 3. The van der Waals surface area contributed by atoms with Crippen LogP contribution in [-0.4, -0.2) is 36.4 Å². The molecule has 3 aromatic heterocycles. The van der Waals surface area contributed by atoms with Crippen molar-refractivity contribution in [2.45, 2.75) is 33.2 Å². The molecule has 0 aliphatic heterocycles. The summed E-state index contributed by atoms with van der Waals surface area (Å²) in [4.78, 5) is 32.4. The molecule has 3 heterocycles. The van der Waals surface area contributed by atoms with Crippen LogP contribution in [0.3, 0.4) is 0 Å². The van der Waals surface area contributed by atoms with Crippen LogP contribution < -0.4 is 10.6 Å². The Bertz CT molecular complexity index is 878. The lowest BCUT2D eigenvalue weighted by Crippen LogP contribution is -2.40. The van der Waals surface area contributed by atoms with E-state index in [1.165, 1.54) is 0 Å². The molecule has 8 heteroatoms. The smallest absolute Gasteiger partial charge is 0.255 e. The second-order valence-corrected chi connectivity index (χ2v) is 6.50. The quantitative estimate of drug-likeness (QED) is 0.682. The average Bonchev–Trinajstić information content (AvgIpc) is 2.91. The number of nitrogens with one attached hydrogen (secondary N) is 3. The van der Waals surface area contributed by atoms with Gasteiger partial charge in [-0.05, 0) is 27.7 Å². The minimum Gasteiger partial charge on any atom is -0.347 e. The zero-order valence-corrected chi connectivity index (χ0v) is 14.0. The van der Waals surface area contributed by atoms with Crippen LogP contribution >= 0.6 is 0 Å². The molecule has 3 N–H and O–H groups in total. The predicted octanol–water partition coefficient (Wildman–Crippen LogP) is 2.33. The maximum absolute atomic E-state index is 12.4. The third-order valence-electron chi connectivity index (χ3n) is 3.17. The molecule has 24 heavy (non-hydrogen) atoms. The summed E-state index contributed by atoms with van der Waals surface area (Å²) in [5.41, 5.74) is 1.89. The van der Waals surface area contributed by atoms with Gasteiger partial charge in [0, 0.05) is 11.7 Å². The first-order valence-electron chi connectivity index (χ1n) is 7.54. The number of fused-ring (bicyclic) bond motifs is 1. The van der Waals surface area contributed by atoms with Crippen LogP contribution in [0.25, 0.3) is 11.2 Å². The highest BCUT2D eigenvalue weighted by molar-refractivity contribution is 6.04. The second-order valence-electron chi connectivity index (χ2n) is 6.50. The molecule has 0 radical (unpaired) electrons. The van der Waals surface area contributed by atoms with Crippen molar-refractivity contribution in [3.05, 3.63) is 36.2 Å². The Balaban J connectivity index is 1.91. The summed E-state index contributed by atoms with van der Waals surface area (Å²) < 4.78 is 0. The van der Waals surface area contributed by atoms with Crippen molar-refractivity contribution in [3.63, 3.8) is 0 Å². The van der Waals surface area contributed by atoms with Crippen LogP contribution in [0.4, 0.5) is 11.5 Å². The van der Waals surface area contributed by atoms with Crippen molar-refractivity contribution < 1.29 is 4.79 Å². The molecular formula is C16H19N7O. The van der Waals surface area contributed by atoms with Gasteiger partial charge in [-0.1, -0.05) is 0 Å². The highest BCUT2D eigenvalue weighted by Gasteiger charge is 2.19. The second kappa shape index (κ2) is 5.88. The summed E-state index contributed by atoms with van der Waals surface area (Å²) >= 11 is 0. The Morgan fingerprint density at radius 2 is 1.83 bits per heavy atom. The van der Waals surface area contributed by atoms with Gasteiger partial charge in [0.05, 0.1) is 29.8 Å². The molecule has 0 atom stereocenters. The number of H-pyrrole nitrogens is 1. The molecule has 8 nitrogen and oxygen atoms in total. The first kappa shape index (κ1) is 15.9. The summed E-state index contributed by atoms with van der Waals surface area (Å²) in [6, 6.07) is 0. The number of hydrogen-bond acceptors (Lipinski definition) is 6. The van der Waals surface area contributed by atoms with Gasteiger partial charge in [-0.15, -0.1) is 0 Å². The van der Waals surface area contributed by atoms with Gasteiger partial charge in [0.25, 0.3) is 5.91 Å². The van der Waals surface area contributed by atoms with E-state index in [1.54, 1.807) is 24.8 Å². The molecule has 1 amide bonds. The zero-order valence-electron chi connectivity index (χ0n) is 14.0. The van der Waals surface area contributed by atoms with Gasteiger partial charge in [0.1, 0.15) is 17.2 Å². The number of anilines is 2. The maximum Gasteiger partial charge on any atom is 0.255 e. The number of rotatable bonds is 3. The first-order valence-corrected chi connectivity index (χ1v) is 7.54. The van der Waals surface area contributed by atoms with Crippen molar-refractivity contribution in [1.29, 1.82) is 0 Å². The number of amides is 1. The SMILES string of the molecule is Cc1ncc(Nc2cnc3[nH]cc(C(=O)NC(C)(C)C)c3n2)cn1. The topological polar surface area (TPSA) is 108 Å². The van der Waals surface area contributed by atoms with Crippen molar-refractivity contribution in [3.8, 4) is 0 Å². The monoisotopic (exact) mass is 325 g/mol. The van der Waals surface area contributed by atoms with Crippen LogP contribution in [0.15, 0.2) is 24.8 Å². The van der Waals surface area contributed by atoms with Crippen molar-refractivity contribution in [2.75, 3.05) is 5.32 Å². The lowest BCUT2D eigenvalue weighted by atomic mass is 10.1.